The van der Waals surface area contributed by atoms with Gasteiger partial charge in [-0.05, 0) is 40.5 Å². The monoisotopic (exact) mass is 229 g/mol. The Morgan fingerprint density at radius 3 is 2.83 bits per heavy atom. The van der Waals surface area contributed by atoms with E-state index in [9.17, 15) is 0 Å². The van der Waals surface area contributed by atoms with Gasteiger partial charge in [0.1, 0.15) is 5.75 Å². The van der Waals surface area contributed by atoms with Gasteiger partial charge in [-0.1, -0.05) is 12.1 Å². The van der Waals surface area contributed by atoms with Crippen LogP contribution in [0.2, 0.25) is 0 Å². The Hall–Kier alpha value is -0.540. The highest BCUT2D eigenvalue weighted by Gasteiger charge is 2.03. The number of benzene rings is 1. The Kier molecular flexibility index (Phi) is 3.56. The number of halogens is 1. The van der Waals surface area contributed by atoms with Crippen LogP contribution in [-0.4, -0.2) is 13.7 Å². The molecule has 0 atom stereocenters. The van der Waals surface area contributed by atoms with E-state index in [0.29, 0.717) is 6.54 Å². The molecular formula is C9H12BrNO. The molecule has 1 aromatic rings. The normalized spacial score (nSPS) is 9.92. The lowest BCUT2D eigenvalue weighted by Gasteiger charge is -2.07. The quantitative estimate of drug-likeness (QED) is 0.861. The summed E-state index contributed by atoms with van der Waals surface area (Å²) in [6, 6.07) is 5.93. The molecule has 0 heterocycles. The van der Waals surface area contributed by atoms with Crippen LogP contribution in [0.3, 0.4) is 0 Å². The number of hydrogen-bond donors (Lipinski definition) is 1. The second-order valence-corrected chi connectivity index (χ2v) is 3.27. The molecule has 66 valence electrons. The third-order valence-corrected chi connectivity index (χ3v) is 2.58. The highest BCUT2D eigenvalue weighted by atomic mass is 79.9. The number of nitrogens with two attached hydrogens (primary N) is 1. The summed E-state index contributed by atoms with van der Waals surface area (Å²) in [5, 5.41) is 0. The van der Waals surface area contributed by atoms with Gasteiger partial charge in [-0.15, -0.1) is 0 Å². The second kappa shape index (κ2) is 4.48. The zero-order chi connectivity index (χ0) is 8.97. The smallest absolute Gasteiger partial charge is 0.133 e. The molecule has 0 saturated heterocycles. The van der Waals surface area contributed by atoms with E-state index in [4.69, 9.17) is 10.5 Å². The van der Waals surface area contributed by atoms with Crippen molar-refractivity contribution in [2.45, 2.75) is 6.42 Å². The van der Waals surface area contributed by atoms with Crippen LogP contribution in [0, 0.1) is 0 Å². The van der Waals surface area contributed by atoms with Crippen LogP contribution in [0.1, 0.15) is 5.56 Å². The first kappa shape index (κ1) is 9.55. The zero-order valence-corrected chi connectivity index (χ0v) is 8.60. The van der Waals surface area contributed by atoms with Gasteiger partial charge in [0, 0.05) is 0 Å². The Morgan fingerprint density at radius 2 is 2.25 bits per heavy atom. The maximum absolute atomic E-state index is 5.46. The van der Waals surface area contributed by atoms with Crippen molar-refractivity contribution in [3.05, 3.63) is 28.2 Å². The van der Waals surface area contributed by atoms with Crippen LogP contribution in [0.25, 0.3) is 0 Å². The predicted octanol–water partition coefficient (Wildman–Crippen LogP) is 1.96. The largest absolute Gasteiger partial charge is 0.496 e. The fourth-order valence-electron chi connectivity index (χ4n) is 1.06. The lowest BCUT2D eigenvalue weighted by molar-refractivity contribution is 0.411. The minimum absolute atomic E-state index is 0.658. The Labute approximate surface area is 80.8 Å². The van der Waals surface area contributed by atoms with Crippen molar-refractivity contribution in [2.24, 2.45) is 5.73 Å². The van der Waals surface area contributed by atoms with Gasteiger partial charge in [0.25, 0.3) is 0 Å². The number of rotatable bonds is 3. The van der Waals surface area contributed by atoms with E-state index in [1.807, 2.05) is 18.2 Å². The molecule has 1 rings (SSSR count). The summed E-state index contributed by atoms with van der Waals surface area (Å²) in [6.07, 6.45) is 0.873. The van der Waals surface area contributed by atoms with Crippen LogP contribution in [0.5, 0.6) is 5.75 Å². The van der Waals surface area contributed by atoms with E-state index >= 15 is 0 Å². The minimum Gasteiger partial charge on any atom is -0.496 e. The van der Waals surface area contributed by atoms with Gasteiger partial charge in [0.05, 0.1) is 11.6 Å². The Bertz CT molecular complexity index is 263. The molecule has 0 spiro atoms. The van der Waals surface area contributed by atoms with E-state index in [1.165, 1.54) is 5.56 Å². The van der Waals surface area contributed by atoms with Gasteiger partial charge in [-0.2, -0.15) is 0 Å². The molecule has 1 aromatic carbocycles. The maximum atomic E-state index is 5.46. The number of ether oxygens (including phenoxy) is 1. The van der Waals surface area contributed by atoms with Gasteiger partial charge in [0.2, 0.25) is 0 Å². The fourth-order valence-corrected chi connectivity index (χ4v) is 1.69. The summed E-state index contributed by atoms with van der Waals surface area (Å²) in [5.74, 6) is 0.862. The summed E-state index contributed by atoms with van der Waals surface area (Å²) in [6.45, 7) is 0.658. The molecule has 3 heteroatoms. The lowest BCUT2D eigenvalue weighted by atomic mass is 10.1. The number of methoxy groups -OCH3 is 1. The van der Waals surface area contributed by atoms with Gasteiger partial charge in [-0.25, -0.2) is 0 Å². The molecule has 0 unspecified atom stereocenters. The molecule has 0 aromatic heterocycles. The van der Waals surface area contributed by atoms with Crippen LogP contribution in [-0.2, 0) is 6.42 Å². The molecule has 2 nitrogen and oxygen atoms in total. The second-order valence-electron chi connectivity index (χ2n) is 2.47. The standard InChI is InChI=1S/C9H12BrNO/c1-12-8-4-2-3-7(5-6-11)9(8)10/h2-4H,5-6,11H2,1H3. The molecule has 0 aliphatic heterocycles. The summed E-state index contributed by atoms with van der Waals surface area (Å²) < 4.78 is 6.16. The third kappa shape index (κ3) is 1.99. The Balaban J connectivity index is 2.97. The van der Waals surface area contributed by atoms with E-state index in [-0.39, 0.29) is 0 Å². The van der Waals surface area contributed by atoms with Crippen LogP contribution < -0.4 is 10.5 Å². The van der Waals surface area contributed by atoms with Crippen molar-refractivity contribution < 1.29 is 4.74 Å². The summed E-state index contributed by atoms with van der Waals surface area (Å²) in [7, 11) is 1.66. The molecule has 0 fully saturated rings. The van der Waals surface area contributed by atoms with Crippen molar-refractivity contribution in [2.75, 3.05) is 13.7 Å². The Morgan fingerprint density at radius 1 is 1.50 bits per heavy atom. The van der Waals surface area contributed by atoms with E-state index in [1.54, 1.807) is 7.11 Å². The van der Waals surface area contributed by atoms with E-state index in [2.05, 4.69) is 15.9 Å². The average Bonchev–Trinajstić information content (AvgIpc) is 2.09. The van der Waals surface area contributed by atoms with Crippen molar-refractivity contribution >= 4 is 15.9 Å². The van der Waals surface area contributed by atoms with Gasteiger partial charge >= 0.3 is 0 Å². The zero-order valence-electron chi connectivity index (χ0n) is 7.01. The van der Waals surface area contributed by atoms with Crippen molar-refractivity contribution in [1.82, 2.24) is 0 Å². The van der Waals surface area contributed by atoms with Crippen LogP contribution >= 0.6 is 15.9 Å². The van der Waals surface area contributed by atoms with Crippen LogP contribution in [0.15, 0.2) is 22.7 Å². The van der Waals surface area contributed by atoms with Gasteiger partial charge < -0.3 is 10.5 Å². The highest BCUT2D eigenvalue weighted by molar-refractivity contribution is 9.10. The molecular weight excluding hydrogens is 218 g/mol. The summed E-state index contributed by atoms with van der Waals surface area (Å²) >= 11 is 3.46. The maximum Gasteiger partial charge on any atom is 0.133 e. The molecule has 0 saturated carbocycles. The fraction of sp³-hybridized carbons (Fsp3) is 0.333. The molecule has 0 amide bonds. The molecule has 0 radical (unpaired) electrons. The lowest BCUT2D eigenvalue weighted by Crippen LogP contribution is -2.03. The minimum atomic E-state index is 0.658. The molecule has 0 aliphatic carbocycles. The highest BCUT2D eigenvalue weighted by Crippen LogP contribution is 2.28. The van der Waals surface area contributed by atoms with Crippen LogP contribution in [0.4, 0.5) is 0 Å². The first-order valence-corrected chi connectivity index (χ1v) is 4.60. The summed E-state index contributed by atoms with van der Waals surface area (Å²) in [5.41, 5.74) is 6.65. The first-order chi connectivity index (χ1) is 5.79. The molecule has 2 N–H and O–H groups in total. The van der Waals surface area contributed by atoms with E-state index in [0.717, 1.165) is 16.6 Å². The predicted molar refractivity (Wildman–Crippen MR) is 53.5 cm³/mol. The number of hydrogen-bond acceptors (Lipinski definition) is 2. The molecule has 12 heavy (non-hydrogen) atoms. The third-order valence-electron chi connectivity index (χ3n) is 1.68. The summed E-state index contributed by atoms with van der Waals surface area (Å²) in [4.78, 5) is 0. The molecule has 0 bridgehead atoms. The van der Waals surface area contributed by atoms with Gasteiger partial charge in [-0.3, -0.25) is 0 Å². The van der Waals surface area contributed by atoms with Crippen molar-refractivity contribution in [3.63, 3.8) is 0 Å². The van der Waals surface area contributed by atoms with Crippen molar-refractivity contribution in [1.29, 1.82) is 0 Å². The first-order valence-electron chi connectivity index (χ1n) is 3.81. The topological polar surface area (TPSA) is 35.2 Å². The molecule has 0 aliphatic rings. The van der Waals surface area contributed by atoms with Crippen molar-refractivity contribution in [3.8, 4) is 5.75 Å². The SMILES string of the molecule is COc1cccc(CCN)c1Br. The van der Waals surface area contributed by atoms with Gasteiger partial charge in [0.15, 0.2) is 0 Å². The van der Waals surface area contributed by atoms with E-state index < -0.39 is 0 Å². The average molecular weight is 230 g/mol.